The van der Waals surface area contributed by atoms with Crippen molar-refractivity contribution in [3.63, 3.8) is 0 Å². The molecule has 23 heavy (non-hydrogen) atoms. The Morgan fingerprint density at radius 2 is 1.26 bits per heavy atom. The second kappa shape index (κ2) is 7.09. The predicted molar refractivity (Wildman–Crippen MR) is 93.7 cm³/mol. The van der Waals surface area contributed by atoms with E-state index in [9.17, 15) is 9.59 Å². The molecule has 2 aromatic carbocycles. The van der Waals surface area contributed by atoms with Crippen LogP contribution in [0.5, 0.6) is 0 Å². The number of rotatable bonds is 3. The van der Waals surface area contributed by atoms with Gasteiger partial charge in [0.25, 0.3) is 0 Å². The van der Waals surface area contributed by atoms with E-state index >= 15 is 0 Å². The summed E-state index contributed by atoms with van der Waals surface area (Å²) in [5.41, 5.74) is 4.48. The molecular formula is C19H22N2O2. The van der Waals surface area contributed by atoms with Gasteiger partial charge in [-0.25, -0.2) is 0 Å². The van der Waals surface area contributed by atoms with Crippen molar-refractivity contribution in [1.82, 2.24) is 0 Å². The van der Waals surface area contributed by atoms with Gasteiger partial charge in [0, 0.05) is 11.4 Å². The lowest BCUT2D eigenvalue weighted by atomic mass is 10.0. The van der Waals surface area contributed by atoms with Crippen molar-refractivity contribution in [2.75, 3.05) is 10.6 Å². The Morgan fingerprint density at radius 1 is 0.783 bits per heavy atom. The standard InChI is InChI=1S/C19H22N2O2/c1-12(2)15-5-7-16(8-6-15)20-18(22)19(23)21-17-10-13(3)9-14(4)11-17/h5-12H,1-4H3,(H,20,22)(H,21,23). The monoisotopic (exact) mass is 310 g/mol. The Balaban J connectivity index is 2.01. The minimum absolute atomic E-state index is 0.424. The van der Waals surface area contributed by atoms with Gasteiger partial charge >= 0.3 is 11.8 Å². The van der Waals surface area contributed by atoms with Crippen LogP contribution >= 0.6 is 0 Å². The fourth-order valence-electron chi connectivity index (χ4n) is 2.37. The van der Waals surface area contributed by atoms with E-state index in [0.717, 1.165) is 11.1 Å². The first-order valence-electron chi connectivity index (χ1n) is 7.66. The summed E-state index contributed by atoms with van der Waals surface area (Å²) < 4.78 is 0. The van der Waals surface area contributed by atoms with Crippen molar-refractivity contribution in [2.45, 2.75) is 33.6 Å². The Labute approximate surface area is 136 Å². The highest BCUT2D eigenvalue weighted by Crippen LogP contribution is 2.17. The number of benzene rings is 2. The molecule has 0 fully saturated rings. The maximum atomic E-state index is 12.0. The number of amides is 2. The lowest BCUT2D eigenvalue weighted by Crippen LogP contribution is -2.29. The second-order valence-corrected chi connectivity index (χ2v) is 6.06. The van der Waals surface area contributed by atoms with Crippen LogP contribution in [-0.4, -0.2) is 11.8 Å². The summed E-state index contributed by atoms with van der Waals surface area (Å²) in [4.78, 5) is 24.0. The zero-order chi connectivity index (χ0) is 17.0. The summed E-state index contributed by atoms with van der Waals surface area (Å²) in [5.74, 6) is -0.933. The average Bonchev–Trinajstić information content (AvgIpc) is 2.46. The van der Waals surface area contributed by atoms with E-state index in [1.807, 2.05) is 44.2 Å². The molecule has 120 valence electrons. The van der Waals surface area contributed by atoms with Crippen LogP contribution in [0, 0.1) is 13.8 Å². The Kier molecular flexibility index (Phi) is 5.16. The molecule has 0 atom stereocenters. The largest absolute Gasteiger partial charge is 0.318 e. The SMILES string of the molecule is Cc1cc(C)cc(NC(=O)C(=O)Nc2ccc(C(C)C)cc2)c1. The van der Waals surface area contributed by atoms with Gasteiger partial charge in [0.05, 0.1) is 0 Å². The summed E-state index contributed by atoms with van der Waals surface area (Å²) in [6, 6.07) is 13.2. The summed E-state index contributed by atoms with van der Waals surface area (Å²) >= 11 is 0. The molecule has 2 N–H and O–H groups in total. The highest BCUT2D eigenvalue weighted by Gasteiger charge is 2.14. The lowest BCUT2D eigenvalue weighted by Gasteiger charge is -2.09. The summed E-state index contributed by atoms with van der Waals surface area (Å²) in [7, 11) is 0. The van der Waals surface area contributed by atoms with Gasteiger partial charge in [-0.3, -0.25) is 9.59 Å². The third-order valence-corrected chi connectivity index (χ3v) is 3.52. The number of hydrogen-bond acceptors (Lipinski definition) is 2. The van der Waals surface area contributed by atoms with Crippen molar-refractivity contribution in [3.05, 3.63) is 59.2 Å². The first kappa shape index (κ1) is 16.7. The van der Waals surface area contributed by atoms with E-state index in [1.54, 1.807) is 12.1 Å². The Morgan fingerprint density at radius 3 is 1.74 bits per heavy atom. The second-order valence-electron chi connectivity index (χ2n) is 6.06. The van der Waals surface area contributed by atoms with Gasteiger partial charge in [-0.05, 0) is 60.7 Å². The molecule has 0 aromatic heterocycles. The zero-order valence-corrected chi connectivity index (χ0v) is 13.9. The van der Waals surface area contributed by atoms with Crippen LogP contribution in [0.2, 0.25) is 0 Å². The first-order chi connectivity index (χ1) is 10.8. The van der Waals surface area contributed by atoms with Crippen LogP contribution in [0.15, 0.2) is 42.5 Å². The number of carbonyl (C=O) groups excluding carboxylic acids is 2. The highest BCUT2D eigenvalue weighted by molar-refractivity contribution is 6.43. The molecular weight excluding hydrogens is 288 g/mol. The van der Waals surface area contributed by atoms with E-state index in [-0.39, 0.29) is 0 Å². The summed E-state index contributed by atoms with van der Waals surface area (Å²) in [6.07, 6.45) is 0. The number of aryl methyl sites for hydroxylation is 2. The molecule has 2 rings (SSSR count). The van der Waals surface area contributed by atoms with E-state index < -0.39 is 11.8 Å². The summed E-state index contributed by atoms with van der Waals surface area (Å²) in [5, 5.41) is 5.23. The minimum Gasteiger partial charge on any atom is -0.318 e. The Bertz CT molecular complexity index is 698. The van der Waals surface area contributed by atoms with Gasteiger partial charge in [-0.1, -0.05) is 32.0 Å². The Hall–Kier alpha value is -2.62. The molecule has 4 heteroatoms. The number of carbonyl (C=O) groups is 2. The number of anilines is 2. The zero-order valence-electron chi connectivity index (χ0n) is 13.9. The number of nitrogens with one attached hydrogen (secondary N) is 2. The van der Waals surface area contributed by atoms with Gasteiger partial charge in [0.1, 0.15) is 0 Å². The van der Waals surface area contributed by atoms with E-state index in [2.05, 4.69) is 24.5 Å². The van der Waals surface area contributed by atoms with Crippen molar-refractivity contribution >= 4 is 23.2 Å². The van der Waals surface area contributed by atoms with Gasteiger partial charge in [-0.2, -0.15) is 0 Å². The third kappa shape index (κ3) is 4.68. The quantitative estimate of drug-likeness (QED) is 0.842. The molecule has 0 bridgehead atoms. The molecule has 0 radical (unpaired) electrons. The van der Waals surface area contributed by atoms with Crippen LogP contribution in [0.25, 0.3) is 0 Å². The van der Waals surface area contributed by atoms with Crippen LogP contribution in [0.4, 0.5) is 11.4 Å². The van der Waals surface area contributed by atoms with Crippen LogP contribution in [0.3, 0.4) is 0 Å². The molecule has 0 aliphatic heterocycles. The van der Waals surface area contributed by atoms with Crippen LogP contribution in [0.1, 0.15) is 36.5 Å². The summed E-state index contributed by atoms with van der Waals surface area (Å²) in [6.45, 7) is 8.09. The molecule has 0 heterocycles. The van der Waals surface area contributed by atoms with E-state index in [4.69, 9.17) is 0 Å². The fraction of sp³-hybridized carbons (Fsp3) is 0.263. The molecule has 0 aliphatic carbocycles. The maximum absolute atomic E-state index is 12.0. The van der Waals surface area contributed by atoms with E-state index in [0.29, 0.717) is 17.3 Å². The van der Waals surface area contributed by atoms with Gasteiger partial charge < -0.3 is 10.6 Å². The van der Waals surface area contributed by atoms with Gasteiger partial charge in [0.15, 0.2) is 0 Å². The third-order valence-electron chi connectivity index (χ3n) is 3.52. The first-order valence-corrected chi connectivity index (χ1v) is 7.66. The average molecular weight is 310 g/mol. The molecule has 2 aromatic rings. The normalized spacial score (nSPS) is 10.5. The molecule has 2 amide bonds. The van der Waals surface area contributed by atoms with Crippen molar-refractivity contribution in [3.8, 4) is 0 Å². The molecule has 0 saturated carbocycles. The van der Waals surface area contributed by atoms with Crippen LogP contribution < -0.4 is 10.6 Å². The molecule has 0 spiro atoms. The van der Waals surface area contributed by atoms with E-state index in [1.165, 1.54) is 5.56 Å². The lowest BCUT2D eigenvalue weighted by molar-refractivity contribution is -0.132. The topological polar surface area (TPSA) is 58.2 Å². The molecule has 0 aliphatic rings. The van der Waals surface area contributed by atoms with Crippen molar-refractivity contribution in [1.29, 1.82) is 0 Å². The highest BCUT2D eigenvalue weighted by atomic mass is 16.2. The maximum Gasteiger partial charge on any atom is 0.314 e. The van der Waals surface area contributed by atoms with Crippen LogP contribution in [-0.2, 0) is 9.59 Å². The predicted octanol–water partition coefficient (Wildman–Crippen LogP) is 4.00. The molecule has 0 unspecified atom stereocenters. The minimum atomic E-state index is -0.679. The smallest absolute Gasteiger partial charge is 0.314 e. The number of hydrogen-bond donors (Lipinski definition) is 2. The van der Waals surface area contributed by atoms with Gasteiger partial charge in [0.2, 0.25) is 0 Å². The van der Waals surface area contributed by atoms with Crippen molar-refractivity contribution in [2.24, 2.45) is 0 Å². The van der Waals surface area contributed by atoms with Crippen molar-refractivity contribution < 1.29 is 9.59 Å². The fourth-order valence-corrected chi connectivity index (χ4v) is 2.37. The molecule has 4 nitrogen and oxygen atoms in total. The van der Waals surface area contributed by atoms with Gasteiger partial charge in [-0.15, -0.1) is 0 Å². The molecule has 0 saturated heterocycles.